The van der Waals surface area contributed by atoms with E-state index in [1.165, 1.54) is 0 Å². The Balaban J connectivity index is 0.000000709. The van der Waals surface area contributed by atoms with E-state index in [-0.39, 0.29) is 27.3 Å². The zero-order valence-corrected chi connectivity index (χ0v) is 24.1. The van der Waals surface area contributed by atoms with Crippen LogP contribution >= 0.6 is 0 Å². The predicted molar refractivity (Wildman–Crippen MR) is 136 cm³/mol. The second-order valence-corrected chi connectivity index (χ2v) is 6.83. The van der Waals surface area contributed by atoms with Crippen molar-refractivity contribution in [2.75, 3.05) is 26.3 Å². The van der Waals surface area contributed by atoms with E-state index in [9.17, 15) is 0 Å². The molecule has 0 spiro atoms. The number of rotatable bonds is 0. The molecular formula is C23H22CdN6O8. The fourth-order valence-corrected chi connectivity index (χ4v) is 2.85. The monoisotopic (exact) mass is 624 g/mol. The third kappa shape index (κ3) is 13.2. The maximum Gasteiger partial charge on any atom is 2.00 e. The summed E-state index contributed by atoms with van der Waals surface area (Å²) in [5.41, 5.74) is 3.03. The molecule has 0 radical (unpaired) electrons. The van der Waals surface area contributed by atoms with Crippen molar-refractivity contribution in [3.05, 3.63) is 109 Å². The third-order valence-electron chi connectivity index (χ3n) is 4.27. The van der Waals surface area contributed by atoms with Crippen LogP contribution < -0.4 is 14.8 Å². The van der Waals surface area contributed by atoms with Crippen LogP contribution in [0.4, 0.5) is 11.4 Å². The molecular weight excluding hydrogens is 601 g/mol. The maximum atomic E-state index is 8.25. The molecule has 2 bridgehead atoms. The first-order valence-electron chi connectivity index (χ1n) is 10.7. The summed E-state index contributed by atoms with van der Waals surface area (Å²) in [6.45, 7) is 2.51. The third-order valence-corrected chi connectivity index (χ3v) is 4.27. The Morgan fingerprint density at radius 3 is 1.47 bits per heavy atom. The van der Waals surface area contributed by atoms with Gasteiger partial charge in [0.2, 0.25) is 0 Å². The minimum absolute atomic E-state index is 0. The van der Waals surface area contributed by atoms with Gasteiger partial charge in [-0.25, -0.2) is 4.98 Å². The molecule has 0 saturated carbocycles. The minimum atomic E-state index is -1.75. The van der Waals surface area contributed by atoms with Gasteiger partial charge in [-0.3, -0.25) is 9.98 Å². The van der Waals surface area contributed by atoms with Gasteiger partial charge in [-0.15, -0.1) is 0 Å². The van der Waals surface area contributed by atoms with Gasteiger partial charge in [0, 0.05) is 13.1 Å². The van der Waals surface area contributed by atoms with Crippen molar-refractivity contribution >= 4 is 23.8 Å². The Hall–Kier alpha value is -4.19. The van der Waals surface area contributed by atoms with Crippen LogP contribution in [0, 0.1) is 30.6 Å². The van der Waals surface area contributed by atoms with Crippen molar-refractivity contribution in [2.45, 2.75) is 0 Å². The van der Waals surface area contributed by atoms with Gasteiger partial charge < -0.3 is 45.4 Å². The van der Waals surface area contributed by atoms with E-state index in [1.54, 1.807) is 12.4 Å². The Morgan fingerprint density at radius 2 is 1.05 bits per heavy atom. The number of nitrogens with zero attached hydrogens (tertiary/aromatic N) is 5. The van der Waals surface area contributed by atoms with Crippen molar-refractivity contribution in [3.8, 4) is 11.5 Å². The fourth-order valence-electron chi connectivity index (χ4n) is 2.85. The molecule has 1 aliphatic rings. The molecule has 4 rings (SSSR count). The van der Waals surface area contributed by atoms with Gasteiger partial charge in [-0.05, 0) is 36.4 Å². The number of nitrogens with one attached hydrogen (secondary N) is 1. The molecule has 2 aromatic carbocycles. The molecule has 3 aromatic rings. The molecule has 0 fully saturated rings. The second kappa shape index (κ2) is 18.1. The zero-order chi connectivity index (χ0) is 26.9. The van der Waals surface area contributed by atoms with Gasteiger partial charge >= 0.3 is 27.3 Å². The number of ether oxygens (including phenoxy) is 2. The van der Waals surface area contributed by atoms with Crippen molar-refractivity contribution in [1.29, 1.82) is 0 Å². The minimum Gasteiger partial charge on any atom is -0.490 e. The number of pyridine rings is 1. The van der Waals surface area contributed by atoms with E-state index in [4.69, 9.17) is 40.1 Å². The molecule has 2 heterocycles. The van der Waals surface area contributed by atoms with Gasteiger partial charge in [0.25, 0.3) is 0 Å². The van der Waals surface area contributed by atoms with Crippen LogP contribution in [-0.2, 0) is 27.3 Å². The van der Waals surface area contributed by atoms with Gasteiger partial charge in [0.1, 0.15) is 36.1 Å². The van der Waals surface area contributed by atoms with E-state index in [0.717, 1.165) is 34.3 Å². The van der Waals surface area contributed by atoms with Crippen molar-refractivity contribution in [3.63, 3.8) is 0 Å². The average molecular weight is 623 g/mol. The summed E-state index contributed by atoms with van der Waals surface area (Å²) in [6.07, 6.45) is 3.47. The first-order valence-corrected chi connectivity index (χ1v) is 10.7. The summed E-state index contributed by atoms with van der Waals surface area (Å²) >= 11 is 0. The van der Waals surface area contributed by atoms with Crippen LogP contribution in [0.2, 0.25) is 0 Å². The number of para-hydroxylation sites is 4. The smallest absolute Gasteiger partial charge is 0.490 e. The quantitative estimate of drug-likeness (QED) is 0.220. The molecule has 0 saturated heterocycles. The van der Waals surface area contributed by atoms with Gasteiger partial charge in [-0.1, -0.05) is 30.3 Å². The maximum absolute atomic E-state index is 8.25. The molecule has 14 nitrogen and oxygen atoms in total. The summed E-state index contributed by atoms with van der Waals surface area (Å²) < 4.78 is 11.8. The van der Waals surface area contributed by atoms with Crippen LogP contribution in [0.3, 0.4) is 0 Å². The first-order chi connectivity index (χ1) is 17.8. The molecule has 15 heteroatoms. The van der Waals surface area contributed by atoms with E-state index in [1.807, 2.05) is 66.7 Å². The summed E-state index contributed by atoms with van der Waals surface area (Å²) in [6, 6.07) is 21.2. The van der Waals surface area contributed by atoms with Gasteiger partial charge in [0.15, 0.2) is 0 Å². The summed E-state index contributed by atoms with van der Waals surface area (Å²) in [5, 5.41) is 32.8. The summed E-state index contributed by atoms with van der Waals surface area (Å²) in [4.78, 5) is 30.2. The van der Waals surface area contributed by atoms with Crippen molar-refractivity contribution in [2.24, 2.45) is 9.98 Å². The van der Waals surface area contributed by atoms with Gasteiger partial charge in [0.05, 0.1) is 34.0 Å². The first kappa shape index (κ1) is 31.8. The largest absolute Gasteiger partial charge is 2.00 e. The van der Waals surface area contributed by atoms with E-state index in [0.29, 0.717) is 26.3 Å². The van der Waals surface area contributed by atoms with Crippen molar-refractivity contribution in [1.82, 2.24) is 10.3 Å². The number of hydrogen-bond donors (Lipinski definition) is 1. The average Bonchev–Trinajstić information content (AvgIpc) is 2.86. The van der Waals surface area contributed by atoms with Crippen LogP contribution in [0.5, 0.6) is 11.5 Å². The zero-order valence-electron chi connectivity index (χ0n) is 20.0. The molecule has 0 aliphatic carbocycles. The number of fused-ring (bicyclic) bond motifs is 4. The van der Waals surface area contributed by atoms with Crippen molar-refractivity contribution < 1.29 is 46.9 Å². The molecule has 0 atom stereocenters. The van der Waals surface area contributed by atoms with E-state index in [2.05, 4.69) is 20.3 Å². The standard InChI is InChI=1S/C23H22N4O2.Cd.2NO3/c1-3-10-22-20(8-1)25-16-18-6-5-7-19(27-18)17-26-21-9-2-4-11-23(21)29-15-13-24-12-14-28-22;;2*2-1(3)4/h1-11,16-17,24H,12-15H2;;;/q;+2;2*-1. The molecule has 1 aromatic heterocycles. The number of hydrogen-bond acceptors (Lipinski definition) is 12. The van der Waals surface area contributed by atoms with Crippen LogP contribution in [0.15, 0.2) is 76.7 Å². The Kier molecular flexibility index (Phi) is 15.2. The van der Waals surface area contributed by atoms with Crippen LogP contribution in [-0.4, -0.2) is 53.9 Å². The summed E-state index contributed by atoms with van der Waals surface area (Å²) in [5.74, 6) is 1.49. The Labute approximate surface area is 237 Å². The number of aromatic nitrogens is 1. The molecule has 1 N–H and O–H groups in total. The second-order valence-electron chi connectivity index (χ2n) is 6.83. The molecule has 194 valence electrons. The van der Waals surface area contributed by atoms with Crippen LogP contribution in [0.1, 0.15) is 11.4 Å². The molecule has 0 amide bonds. The molecule has 0 unspecified atom stereocenters. The Morgan fingerprint density at radius 1 is 0.658 bits per heavy atom. The van der Waals surface area contributed by atoms with Gasteiger partial charge in [-0.2, -0.15) is 0 Å². The number of benzene rings is 2. The topological polar surface area (TPSA) is 200 Å². The van der Waals surface area contributed by atoms with E-state index < -0.39 is 10.2 Å². The summed E-state index contributed by atoms with van der Waals surface area (Å²) in [7, 11) is 0. The van der Waals surface area contributed by atoms with Crippen LogP contribution in [0.25, 0.3) is 0 Å². The normalized spacial score (nSPS) is 12.3. The fraction of sp³-hybridized carbons (Fsp3) is 0.174. The molecule has 38 heavy (non-hydrogen) atoms. The predicted octanol–water partition coefficient (Wildman–Crippen LogP) is 3.46. The van der Waals surface area contributed by atoms with E-state index >= 15 is 0 Å². The number of aliphatic imine (C=N–C) groups is 2. The molecule has 1 aliphatic heterocycles. The SMILES string of the molecule is C1=Nc2ccccc2OCCNCCOc2ccccc2N=Cc2cccc1n2.O=[N+]([O-])[O-].O=[N+]([O-])[O-].[Cd+2]. The Bertz CT molecular complexity index is 1130.